The van der Waals surface area contributed by atoms with Crippen molar-refractivity contribution in [3.05, 3.63) is 72.2 Å². The molecule has 0 unspecified atom stereocenters. The van der Waals surface area contributed by atoms with Gasteiger partial charge in [-0.05, 0) is 37.6 Å². The van der Waals surface area contributed by atoms with Gasteiger partial charge in [-0.1, -0.05) is 15.9 Å². The second-order valence-corrected chi connectivity index (χ2v) is 6.65. The van der Waals surface area contributed by atoms with Gasteiger partial charge in [-0.25, -0.2) is 4.98 Å². The van der Waals surface area contributed by atoms with Crippen molar-refractivity contribution < 1.29 is 4.92 Å². The minimum atomic E-state index is -0.425. The molecule has 1 aromatic carbocycles. The number of halogens is 1. The molecule has 0 saturated carbocycles. The average molecular weight is 403 g/mol. The highest BCUT2D eigenvalue weighted by Crippen LogP contribution is 2.33. The third-order valence-corrected chi connectivity index (χ3v) is 4.40. The Hall–Kier alpha value is -2.74. The highest BCUT2D eigenvalue weighted by Gasteiger charge is 2.16. The van der Waals surface area contributed by atoms with E-state index in [1.165, 1.54) is 12.3 Å². The second-order valence-electron chi connectivity index (χ2n) is 5.73. The molecule has 0 aliphatic heterocycles. The third-order valence-electron chi connectivity index (χ3n) is 3.95. The summed E-state index contributed by atoms with van der Waals surface area (Å²) in [5.41, 5.74) is 2.13. The summed E-state index contributed by atoms with van der Waals surface area (Å²) in [4.78, 5) is 30.0. The predicted octanol–water partition coefficient (Wildman–Crippen LogP) is 3.82. The van der Waals surface area contributed by atoms with Gasteiger partial charge >= 0.3 is 0 Å². The molecule has 2 heterocycles. The lowest BCUT2D eigenvalue weighted by Crippen LogP contribution is -2.18. The summed E-state index contributed by atoms with van der Waals surface area (Å²) in [6.07, 6.45) is 1.51. The molecule has 25 heavy (non-hydrogen) atoms. The number of H-pyrrole nitrogens is 1. The second kappa shape index (κ2) is 6.64. The van der Waals surface area contributed by atoms with Gasteiger partial charge in [0.2, 0.25) is 0 Å². The van der Waals surface area contributed by atoms with E-state index in [1.807, 2.05) is 19.9 Å². The fourth-order valence-electron chi connectivity index (χ4n) is 2.80. The van der Waals surface area contributed by atoms with Crippen molar-refractivity contribution in [2.24, 2.45) is 0 Å². The maximum Gasteiger partial charge on any atom is 0.278 e. The Bertz CT molecular complexity index is 1050. The van der Waals surface area contributed by atoms with Crippen LogP contribution in [0.3, 0.4) is 0 Å². The molecule has 2 aromatic heterocycles. The van der Waals surface area contributed by atoms with E-state index < -0.39 is 4.92 Å². The first-order chi connectivity index (χ1) is 11.9. The summed E-state index contributed by atoms with van der Waals surface area (Å²) in [7, 11) is 0. The number of aromatic nitrogens is 2. The van der Waals surface area contributed by atoms with Crippen LogP contribution in [-0.4, -0.2) is 14.9 Å². The van der Waals surface area contributed by atoms with Crippen molar-refractivity contribution in [2.75, 3.05) is 5.32 Å². The number of nitrogens with zero attached hydrogens (tertiary/aromatic N) is 2. The van der Waals surface area contributed by atoms with Gasteiger partial charge < -0.3 is 10.3 Å². The minimum Gasteiger partial charge on any atom is -0.365 e. The maximum absolute atomic E-state index is 12.1. The number of anilines is 1. The number of benzene rings is 1. The van der Waals surface area contributed by atoms with E-state index in [0.29, 0.717) is 26.6 Å². The molecule has 3 aromatic rings. The molecule has 0 amide bonds. The fraction of sp³-hybridized carbons (Fsp3) is 0.176. The Balaban J connectivity index is 2.03. The van der Waals surface area contributed by atoms with Gasteiger partial charge in [0.05, 0.1) is 10.3 Å². The summed E-state index contributed by atoms with van der Waals surface area (Å²) in [5.74, 6) is 0.487. The smallest absolute Gasteiger partial charge is 0.278 e. The molecule has 0 atom stereocenters. The zero-order chi connectivity index (χ0) is 18.1. The number of fused-ring (bicyclic) bond motifs is 1. The number of nitrogens with one attached hydrogen (secondary N) is 2. The van der Waals surface area contributed by atoms with Gasteiger partial charge in [0, 0.05) is 39.9 Å². The monoisotopic (exact) mass is 402 g/mol. The summed E-state index contributed by atoms with van der Waals surface area (Å²) >= 11 is 3.30. The standard InChI is InChI=1S/C17H15BrN4O3/c1-9-5-10(2)21-17(23)14(9)8-20-16-13-6-11(18)7-15(22(24)25)12(13)3-4-19-16/h3-7H,8H2,1-2H3,(H,19,20)(H,21,23). The van der Waals surface area contributed by atoms with E-state index in [9.17, 15) is 14.9 Å². The number of non-ortho nitro benzene ring substituents is 1. The van der Waals surface area contributed by atoms with E-state index in [2.05, 4.69) is 31.2 Å². The van der Waals surface area contributed by atoms with Crippen molar-refractivity contribution in [3.63, 3.8) is 0 Å². The number of rotatable bonds is 4. The topological polar surface area (TPSA) is 101 Å². The van der Waals surface area contributed by atoms with E-state index in [4.69, 9.17) is 0 Å². The van der Waals surface area contributed by atoms with Gasteiger partial charge in [0.25, 0.3) is 11.2 Å². The number of aryl methyl sites for hydroxylation is 2. The molecule has 128 valence electrons. The van der Waals surface area contributed by atoms with E-state index in [0.717, 1.165) is 11.3 Å². The number of nitro groups is 1. The average Bonchev–Trinajstić information content (AvgIpc) is 2.53. The largest absolute Gasteiger partial charge is 0.365 e. The predicted molar refractivity (Wildman–Crippen MR) is 100.0 cm³/mol. The molecule has 0 fully saturated rings. The fourth-order valence-corrected chi connectivity index (χ4v) is 3.24. The Kier molecular flexibility index (Phi) is 4.54. The van der Waals surface area contributed by atoms with Gasteiger partial charge in [-0.15, -0.1) is 0 Å². The molecular weight excluding hydrogens is 388 g/mol. The van der Waals surface area contributed by atoms with E-state index in [-0.39, 0.29) is 17.8 Å². The van der Waals surface area contributed by atoms with E-state index in [1.54, 1.807) is 12.1 Å². The molecule has 2 N–H and O–H groups in total. The molecule has 0 aliphatic carbocycles. The lowest BCUT2D eigenvalue weighted by molar-refractivity contribution is -0.383. The number of hydrogen-bond acceptors (Lipinski definition) is 5. The zero-order valence-corrected chi connectivity index (χ0v) is 15.2. The molecule has 0 spiro atoms. The van der Waals surface area contributed by atoms with Gasteiger partial charge in [-0.3, -0.25) is 14.9 Å². The van der Waals surface area contributed by atoms with Crippen LogP contribution in [0.15, 0.2) is 39.7 Å². The Morgan fingerprint density at radius 1 is 1.28 bits per heavy atom. The first-order valence-corrected chi connectivity index (χ1v) is 8.32. The normalized spacial score (nSPS) is 10.8. The number of hydrogen-bond donors (Lipinski definition) is 2. The van der Waals surface area contributed by atoms with Crippen LogP contribution >= 0.6 is 15.9 Å². The van der Waals surface area contributed by atoms with Gasteiger partial charge in [0.1, 0.15) is 5.82 Å². The van der Waals surface area contributed by atoms with Crippen molar-refractivity contribution in [1.82, 2.24) is 9.97 Å². The van der Waals surface area contributed by atoms with Crippen LogP contribution in [0.4, 0.5) is 11.5 Å². The molecule has 0 radical (unpaired) electrons. The zero-order valence-electron chi connectivity index (χ0n) is 13.6. The Morgan fingerprint density at radius 2 is 2.04 bits per heavy atom. The highest BCUT2D eigenvalue weighted by molar-refractivity contribution is 9.10. The molecule has 3 rings (SSSR count). The number of aromatic amines is 1. The van der Waals surface area contributed by atoms with Crippen LogP contribution in [0, 0.1) is 24.0 Å². The summed E-state index contributed by atoms with van der Waals surface area (Å²) in [6, 6.07) is 6.73. The van der Waals surface area contributed by atoms with Crippen LogP contribution in [0.1, 0.15) is 16.8 Å². The SMILES string of the molecule is Cc1cc(C)c(CNc2nccc3c([N+](=O)[O-])cc(Br)cc23)c(=O)[nH]1. The van der Waals surface area contributed by atoms with Gasteiger partial charge in [0.15, 0.2) is 0 Å². The third kappa shape index (κ3) is 3.39. The van der Waals surface area contributed by atoms with Crippen molar-refractivity contribution in [2.45, 2.75) is 20.4 Å². The Labute approximate surface area is 151 Å². The molecule has 7 nitrogen and oxygen atoms in total. The number of nitro benzene ring substituents is 1. The molecular formula is C17H15BrN4O3. The van der Waals surface area contributed by atoms with Crippen LogP contribution in [0.5, 0.6) is 0 Å². The molecule has 0 saturated heterocycles. The van der Waals surface area contributed by atoms with Crippen LogP contribution in [0.25, 0.3) is 10.8 Å². The van der Waals surface area contributed by atoms with E-state index >= 15 is 0 Å². The molecule has 0 bridgehead atoms. The van der Waals surface area contributed by atoms with Crippen molar-refractivity contribution >= 4 is 38.2 Å². The first-order valence-electron chi connectivity index (χ1n) is 7.52. The van der Waals surface area contributed by atoms with Crippen LogP contribution in [-0.2, 0) is 6.54 Å². The quantitative estimate of drug-likeness (QED) is 0.510. The lowest BCUT2D eigenvalue weighted by atomic mass is 10.1. The van der Waals surface area contributed by atoms with Crippen molar-refractivity contribution in [3.8, 4) is 0 Å². The minimum absolute atomic E-state index is 0.000751. The Morgan fingerprint density at radius 3 is 2.72 bits per heavy atom. The van der Waals surface area contributed by atoms with Crippen LogP contribution in [0.2, 0.25) is 0 Å². The summed E-state index contributed by atoms with van der Waals surface area (Å²) < 4.78 is 0.590. The van der Waals surface area contributed by atoms with Gasteiger partial charge in [-0.2, -0.15) is 0 Å². The molecule has 0 aliphatic rings. The first kappa shape index (κ1) is 17.1. The van der Waals surface area contributed by atoms with Crippen LogP contribution < -0.4 is 10.9 Å². The summed E-state index contributed by atoms with van der Waals surface area (Å²) in [6.45, 7) is 3.97. The highest BCUT2D eigenvalue weighted by atomic mass is 79.9. The number of pyridine rings is 2. The van der Waals surface area contributed by atoms with Crippen molar-refractivity contribution in [1.29, 1.82) is 0 Å². The molecule has 8 heteroatoms. The lowest BCUT2D eigenvalue weighted by Gasteiger charge is -2.11. The maximum atomic E-state index is 12.1. The summed E-state index contributed by atoms with van der Waals surface area (Å²) in [5, 5.41) is 15.5.